The summed E-state index contributed by atoms with van der Waals surface area (Å²) in [5.74, 6) is -0.927. The third-order valence-electron chi connectivity index (χ3n) is 3.51. The molecule has 1 atom stereocenters. The minimum atomic E-state index is -0.834. The van der Waals surface area contributed by atoms with Crippen molar-refractivity contribution in [1.82, 2.24) is 9.88 Å². The van der Waals surface area contributed by atoms with Crippen molar-refractivity contribution in [2.24, 2.45) is 5.41 Å². The average Bonchev–Trinajstić information content (AvgIpc) is 2.97. The molecule has 1 amide bonds. The fourth-order valence-electron chi connectivity index (χ4n) is 2.20. The lowest BCUT2D eigenvalue weighted by atomic mass is 9.90. The van der Waals surface area contributed by atoms with Crippen LogP contribution in [-0.2, 0) is 11.2 Å². The molecule has 0 unspecified atom stereocenters. The Balaban J connectivity index is 2.06. The smallest absolute Gasteiger partial charge is 0.311 e. The van der Waals surface area contributed by atoms with Gasteiger partial charge in [0.25, 0.3) is 5.91 Å². The number of carboxylic acids is 1. The second-order valence-corrected chi connectivity index (χ2v) is 6.33. The molecule has 2 rings (SSSR count). The summed E-state index contributed by atoms with van der Waals surface area (Å²) in [6.07, 6.45) is 4.00. The van der Waals surface area contributed by atoms with Crippen LogP contribution < -0.4 is 0 Å². The molecule has 0 aromatic carbocycles. The summed E-state index contributed by atoms with van der Waals surface area (Å²) < 4.78 is 0. The van der Waals surface area contributed by atoms with Crippen LogP contribution >= 0.6 is 11.3 Å². The molecule has 5 nitrogen and oxygen atoms in total. The highest BCUT2D eigenvalue weighted by atomic mass is 32.1. The fourth-order valence-corrected chi connectivity index (χ4v) is 3.19. The first kappa shape index (κ1) is 14.0. The number of thiazole rings is 1. The molecule has 6 heteroatoms. The van der Waals surface area contributed by atoms with Crippen LogP contribution in [0.5, 0.6) is 0 Å². The summed E-state index contributed by atoms with van der Waals surface area (Å²) in [7, 11) is 0. The first-order valence-corrected chi connectivity index (χ1v) is 7.25. The minimum absolute atomic E-state index is 0.0928. The Morgan fingerprint density at radius 1 is 1.58 bits per heavy atom. The van der Waals surface area contributed by atoms with Crippen molar-refractivity contribution in [3.63, 3.8) is 0 Å². The largest absolute Gasteiger partial charge is 0.481 e. The molecule has 2 heterocycles. The number of hydrogen-bond acceptors (Lipinski definition) is 4. The minimum Gasteiger partial charge on any atom is -0.481 e. The Kier molecular flexibility index (Phi) is 3.89. The predicted octanol–water partition coefficient (Wildman–Crippen LogP) is 2.03. The first-order valence-electron chi connectivity index (χ1n) is 6.43. The van der Waals surface area contributed by atoms with Crippen molar-refractivity contribution in [2.75, 3.05) is 13.1 Å². The molecule has 19 heavy (non-hydrogen) atoms. The van der Waals surface area contributed by atoms with Gasteiger partial charge in [0.2, 0.25) is 0 Å². The Bertz CT molecular complexity index is 500. The quantitative estimate of drug-likeness (QED) is 0.917. The molecule has 1 fully saturated rings. The van der Waals surface area contributed by atoms with Crippen LogP contribution in [0.1, 0.15) is 41.4 Å². The van der Waals surface area contributed by atoms with E-state index in [0.717, 1.165) is 17.8 Å². The average molecular weight is 282 g/mol. The zero-order valence-corrected chi connectivity index (χ0v) is 12.0. The van der Waals surface area contributed by atoms with E-state index in [1.54, 1.807) is 18.0 Å². The molecule has 0 spiro atoms. The van der Waals surface area contributed by atoms with Crippen molar-refractivity contribution in [3.05, 3.63) is 16.1 Å². The standard InChI is InChI=1S/C13H18N2O3S/c1-3-4-10-14-7-9(19-10)11(16)15-6-5-13(2,8-15)12(17)18/h7H,3-6,8H2,1-2H3,(H,17,18)/t13-/m0/s1. The van der Waals surface area contributed by atoms with Gasteiger partial charge in [-0.3, -0.25) is 9.59 Å². The third-order valence-corrected chi connectivity index (χ3v) is 4.55. The molecule has 1 aromatic heterocycles. The summed E-state index contributed by atoms with van der Waals surface area (Å²) in [5, 5.41) is 10.1. The molecule has 1 saturated heterocycles. The summed E-state index contributed by atoms with van der Waals surface area (Å²) in [6.45, 7) is 4.55. The molecule has 0 saturated carbocycles. The van der Waals surface area contributed by atoms with E-state index in [1.807, 2.05) is 0 Å². The van der Waals surface area contributed by atoms with Gasteiger partial charge in [0.05, 0.1) is 16.6 Å². The zero-order chi connectivity index (χ0) is 14.0. The molecular formula is C13H18N2O3S. The third kappa shape index (κ3) is 2.78. The lowest BCUT2D eigenvalue weighted by Gasteiger charge is -2.19. The van der Waals surface area contributed by atoms with E-state index in [4.69, 9.17) is 5.11 Å². The van der Waals surface area contributed by atoms with Gasteiger partial charge in [0, 0.05) is 13.1 Å². The molecule has 0 radical (unpaired) electrons. The lowest BCUT2D eigenvalue weighted by Crippen LogP contribution is -2.34. The van der Waals surface area contributed by atoms with Crippen molar-refractivity contribution in [1.29, 1.82) is 0 Å². The Labute approximate surface area is 116 Å². The number of carboxylic acid groups (broad SMARTS) is 1. The highest BCUT2D eigenvalue weighted by molar-refractivity contribution is 7.13. The van der Waals surface area contributed by atoms with Crippen LogP contribution in [0.3, 0.4) is 0 Å². The number of aryl methyl sites for hydroxylation is 1. The maximum absolute atomic E-state index is 12.3. The molecule has 104 valence electrons. The van der Waals surface area contributed by atoms with Crippen LogP contribution in [0, 0.1) is 5.41 Å². The van der Waals surface area contributed by atoms with Crippen LogP contribution in [0.4, 0.5) is 0 Å². The van der Waals surface area contributed by atoms with Gasteiger partial charge >= 0.3 is 5.97 Å². The van der Waals surface area contributed by atoms with E-state index in [1.165, 1.54) is 11.3 Å². The van der Waals surface area contributed by atoms with Gasteiger partial charge in [-0.2, -0.15) is 0 Å². The monoisotopic (exact) mass is 282 g/mol. The van der Waals surface area contributed by atoms with Crippen LogP contribution in [0.25, 0.3) is 0 Å². The number of aromatic nitrogens is 1. The van der Waals surface area contributed by atoms with Gasteiger partial charge in [-0.25, -0.2) is 4.98 Å². The van der Waals surface area contributed by atoms with E-state index >= 15 is 0 Å². The highest BCUT2D eigenvalue weighted by Gasteiger charge is 2.42. The SMILES string of the molecule is CCCc1ncc(C(=O)N2CC[C@](C)(C(=O)O)C2)s1. The number of carbonyl (C=O) groups excluding carboxylic acids is 1. The Hall–Kier alpha value is -1.43. The number of nitrogens with zero attached hydrogens (tertiary/aromatic N) is 2. The Morgan fingerprint density at radius 3 is 2.89 bits per heavy atom. The summed E-state index contributed by atoms with van der Waals surface area (Å²) >= 11 is 1.41. The van der Waals surface area contributed by atoms with Crippen LogP contribution in [0.2, 0.25) is 0 Å². The molecule has 0 aliphatic carbocycles. The predicted molar refractivity (Wildman–Crippen MR) is 72.4 cm³/mol. The van der Waals surface area contributed by atoms with Crippen molar-refractivity contribution >= 4 is 23.2 Å². The van der Waals surface area contributed by atoms with E-state index in [2.05, 4.69) is 11.9 Å². The zero-order valence-electron chi connectivity index (χ0n) is 11.2. The number of rotatable bonds is 4. The van der Waals surface area contributed by atoms with E-state index in [9.17, 15) is 9.59 Å². The number of carbonyl (C=O) groups is 2. The summed E-state index contributed by atoms with van der Waals surface area (Å²) in [5.41, 5.74) is -0.813. The molecule has 1 aromatic rings. The summed E-state index contributed by atoms with van der Waals surface area (Å²) in [4.78, 5) is 29.9. The van der Waals surface area contributed by atoms with Crippen LogP contribution in [-0.4, -0.2) is 40.0 Å². The molecule has 0 bridgehead atoms. The van der Waals surface area contributed by atoms with Gasteiger partial charge in [-0.05, 0) is 26.2 Å². The van der Waals surface area contributed by atoms with Gasteiger partial charge in [-0.15, -0.1) is 11.3 Å². The number of hydrogen-bond donors (Lipinski definition) is 1. The topological polar surface area (TPSA) is 70.5 Å². The fraction of sp³-hybridized carbons (Fsp3) is 0.615. The van der Waals surface area contributed by atoms with E-state index < -0.39 is 11.4 Å². The lowest BCUT2D eigenvalue weighted by molar-refractivity contribution is -0.147. The Morgan fingerprint density at radius 2 is 2.32 bits per heavy atom. The second-order valence-electron chi connectivity index (χ2n) is 5.21. The van der Waals surface area contributed by atoms with Crippen molar-refractivity contribution in [2.45, 2.75) is 33.1 Å². The maximum Gasteiger partial charge on any atom is 0.311 e. The summed E-state index contributed by atoms with van der Waals surface area (Å²) in [6, 6.07) is 0. The van der Waals surface area contributed by atoms with Gasteiger partial charge in [-0.1, -0.05) is 6.92 Å². The number of likely N-dealkylation sites (tertiary alicyclic amines) is 1. The first-order chi connectivity index (χ1) is 8.96. The number of amides is 1. The van der Waals surface area contributed by atoms with Crippen molar-refractivity contribution < 1.29 is 14.7 Å². The van der Waals surface area contributed by atoms with Gasteiger partial charge < -0.3 is 10.0 Å². The highest BCUT2D eigenvalue weighted by Crippen LogP contribution is 2.31. The number of aliphatic carboxylic acids is 1. The maximum atomic E-state index is 12.3. The molecule has 1 aliphatic rings. The molecule has 1 N–H and O–H groups in total. The van der Waals surface area contributed by atoms with Crippen molar-refractivity contribution in [3.8, 4) is 0 Å². The van der Waals surface area contributed by atoms with E-state index in [0.29, 0.717) is 17.8 Å². The van der Waals surface area contributed by atoms with E-state index in [-0.39, 0.29) is 12.5 Å². The normalized spacial score (nSPS) is 22.7. The van der Waals surface area contributed by atoms with Gasteiger partial charge in [0.15, 0.2) is 0 Å². The molecular weight excluding hydrogens is 264 g/mol. The van der Waals surface area contributed by atoms with Gasteiger partial charge in [0.1, 0.15) is 4.88 Å². The second kappa shape index (κ2) is 5.28. The van der Waals surface area contributed by atoms with Crippen LogP contribution in [0.15, 0.2) is 6.20 Å². The molecule has 1 aliphatic heterocycles.